The highest BCUT2D eigenvalue weighted by atomic mass is 16.5. The van der Waals surface area contributed by atoms with Gasteiger partial charge in [0, 0.05) is 0 Å². The fourth-order valence-electron chi connectivity index (χ4n) is 3.04. The van der Waals surface area contributed by atoms with Crippen LogP contribution in [0, 0.1) is 0 Å². The summed E-state index contributed by atoms with van der Waals surface area (Å²) in [5, 5.41) is 0. The zero-order valence-electron chi connectivity index (χ0n) is 19.4. The van der Waals surface area contributed by atoms with E-state index in [9.17, 15) is 9.59 Å². The molecule has 0 saturated carbocycles. The van der Waals surface area contributed by atoms with Gasteiger partial charge >= 0.3 is 11.9 Å². The molecule has 0 amide bonds. The maximum atomic E-state index is 11.9. The van der Waals surface area contributed by atoms with E-state index in [2.05, 4.69) is 42.0 Å². The van der Waals surface area contributed by atoms with Crippen molar-refractivity contribution in [3.05, 3.63) is 0 Å². The summed E-state index contributed by atoms with van der Waals surface area (Å²) < 4.78 is 11.9. The van der Waals surface area contributed by atoms with E-state index in [1.54, 1.807) is 0 Å². The summed E-state index contributed by atoms with van der Waals surface area (Å²) in [6.45, 7) is 8.09. The minimum Gasteiger partial charge on any atom is -0.462 e. The number of hydrogen-bond acceptors (Lipinski definition) is 4. The number of carbonyl (C=O) groups is 2. The Balaban J connectivity index is 3.87. The Kier molecular flexibility index (Phi) is 14.2. The first-order valence-electron chi connectivity index (χ1n) is 11.1. The lowest BCUT2D eigenvalue weighted by Crippen LogP contribution is -2.45. The summed E-state index contributed by atoms with van der Waals surface area (Å²) in [5.74, 6) is -0.188. The first-order chi connectivity index (χ1) is 13.1. The molecule has 0 heterocycles. The van der Waals surface area contributed by atoms with Gasteiger partial charge in [0.25, 0.3) is 0 Å². The second-order valence-electron chi connectivity index (χ2n) is 9.20. The SMILES string of the molecule is CCCCOC(=O)C[N+](C)(C)CCCCCC[N+](C)(C)CC(=O)OCCCC. The Bertz CT molecular complexity index is 396. The van der Waals surface area contributed by atoms with Crippen molar-refractivity contribution in [3.8, 4) is 0 Å². The highest BCUT2D eigenvalue weighted by Crippen LogP contribution is 2.09. The normalized spacial score (nSPS) is 12.1. The topological polar surface area (TPSA) is 52.6 Å². The summed E-state index contributed by atoms with van der Waals surface area (Å²) in [6, 6.07) is 0. The molecule has 0 spiro atoms. The predicted molar refractivity (Wildman–Crippen MR) is 114 cm³/mol. The highest BCUT2D eigenvalue weighted by molar-refractivity contribution is 5.70. The summed E-state index contributed by atoms with van der Waals surface area (Å²) in [7, 11) is 8.35. The zero-order valence-corrected chi connectivity index (χ0v) is 19.4. The van der Waals surface area contributed by atoms with Crippen LogP contribution in [0.4, 0.5) is 0 Å². The number of rotatable bonds is 17. The van der Waals surface area contributed by atoms with Gasteiger partial charge in [0.05, 0.1) is 54.5 Å². The molecule has 0 aromatic carbocycles. The van der Waals surface area contributed by atoms with E-state index >= 15 is 0 Å². The zero-order chi connectivity index (χ0) is 21.5. The maximum Gasteiger partial charge on any atom is 0.361 e. The van der Waals surface area contributed by atoms with Gasteiger partial charge in [-0.1, -0.05) is 26.7 Å². The number of hydrogen-bond donors (Lipinski definition) is 0. The second-order valence-corrected chi connectivity index (χ2v) is 9.20. The third kappa shape index (κ3) is 15.9. The molecule has 0 N–H and O–H groups in total. The average Bonchev–Trinajstić information content (AvgIpc) is 2.57. The van der Waals surface area contributed by atoms with Gasteiger partial charge < -0.3 is 18.4 Å². The van der Waals surface area contributed by atoms with Crippen molar-refractivity contribution in [1.82, 2.24) is 0 Å². The number of carbonyl (C=O) groups excluding carboxylic acids is 2. The lowest BCUT2D eigenvalue weighted by atomic mass is 10.1. The van der Waals surface area contributed by atoms with Crippen LogP contribution in [0.25, 0.3) is 0 Å². The van der Waals surface area contributed by atoms with Crippen LogP contribution in [0.1, 0.15) is 65.2 Å². The molecule has 0 fully saturated rings. The molecule has 0 radical (unpaired) electrons. The summed E-state index contributed by atoms with van der Waals surface area (Å²) >= 11 is 0. The van der Waals surface area contributed by atoms with E-state index in [0.717, 1.165) is 64.5 Å². The van der Waals surface area contributed by atoms with Crippen LogP contribution in [0.3, 0.4) is 0 Å². The molecule has 6 heteroatoms. The van der Waals surface area contributed by atoms with Crippen molar-refractivity contribution in [2.45, 2.75) is 65.2 Å². The smallest absolute Gasteiger partial charge is 0.361 e. The molecular formula is C22H46N2O4+2. The molecular weight excluding hydrogens is 356 g/mol. The third-order valence-electron chi connectivity index (χ3n) is 4.91. The molecule has 0 saturated heterocycles. The van der Waals surface area contributed by atoms with Crippen molar-refractivity contribution in [2.75, 3.05) is 67.6 Å². The van der Waals surface area contributed by atoms with Gasteiger partial charge in [0.15, 0.2) is 13.1 Å². The van der Waals surface area contributed by atoms with E-state index in [1.165, 1.54) is 0 Å². The number of likely N-dealkylation sites (N-methyl/N-ethyl adjacent to an activating group) is 2. The van der Waals surface area contributed by atoms with E-state index in [0.29, 0.717) is 35.3 Å². The number of quaternary nitrogens is 2. The van der Waals surface area contributed by atoms with Crippen LogP contribution in [0.5, 0.6) is 0 Å². The van der Waals surface area contributed by atoms with Crippen LogP contribution in [0.15, 0.2) is 0 Å². The Morgan fingerprint density at radius 2 is 0.964 bits per heavy atom. The Hall–Kier alpha value is -1.14. The van der Waals surface area contributed by atoms with Crippen molar-refractivity contribution >= 4 is 11.9 Å². The van der Waals surface area contributed by atoms with Crippen LogP contribution in [-0.4, -0.2) is 88.5 Å². The standard InChI is InChI=1S/C22H46N2O4/c1-7-9-17-27-21(25)19-23(3,4)15-13-11-12-14-16-24(5,6)20-22(26)28-18-10-8-2/h7-20H2,1-6H3/q+2. The summed E-state index contributed by atoms with van der Waals surface area (Å²) in [5.41, 5.74) is 0. The molecule has 28 heavy (non-hydrogen) atoms. The van der Waals surface area contributed by atoms with Gasteiger partial charge in [-0.3, -0.25) is 0 Å². The van der Waals surface area contributed by atoms with E-state index in [-0.39, 0.29) is 11.9 Å². The van der Waals surface area contributed by atoms with Crippen LogP contribution < -0.4 is 0 Å². The first-order valence-corrected chi connectivity index (χ1v) is 11.1. The largest absolute Gasteiger partial charge is 0.462 e. The number of ether oxygens (including phenoxy) is 2. The monoisotopic (exact) mass is 402 g/mol. The van der Waals surface area contributed by atoms with Crippen LogP contribution in [0.2, 0.25) is 0 Å². The van der Waals surface area contributed by atoms with Crippen molar-refractivity contribution < 1.29 is 28.0 Å². The average molecular weight is 403 g/mol. The molecule has 0 aliphatic rings. The molecule has 0 aliphatic carbocycles. The van der Waals surface area contributed by atoms with Crippen molar-refractivity contribution in [2.24, 2.45) is 0 Å². The lowest BCUT2D eigenvalue weighted by Gasteiger charge is -2.29. The predicted octanol–water partition coefficient (Wildman–Crippen LogP) is 3.39. The van der Waals surface area contributed by atoms with E-state index < -0.39 is 0 Å². The van der Waals surface area contributed by atoms with Gasteiger partial charge in [0.2, 0.25) is 0 Å². The number of nitrogens with zero attached hydrogens (tertiary/aromatic N) is 2. The van der Waals surface area contributed by atoms with Gasteiger partial charge in [-0.2, -0.15) is 0 Å². The summed E-state index contributed by atoms with van der Waals surface area (Å²) in [6.07, 6.45) is 8.45. The summed E-state index contributed by atoms with van der Waals surface area (Å²) in [4.78, 5) is 23.7. The van der Waals surface area contributed by atoms with Crippen LogP contribution in [-0.2, 0) is 19.1 Å². The molecule has 0 bridgehead atoms. The molecule has 0 atom stereocenters. The van der Waals surface area contributed by atoms with Gasteiger partial charge in [-0.05, 0) is 38.5 Å². The molecule has 0 aromatic heterocycles. The van der Waals surface area contributed by atoms with E-state index in [4.69, 9.17) is 9.47 Å². The fraction of sp³-hybridized carbons (Fsp3) is 0.909. The quantitative estimate of drug-likeness (QED) is 0.213. The third-order valence-corrected chi connectivity index (χ3v) is 4.91. The molecule has 166 valence electrons. The number of esters is 2. The molecule has 0 rings (SSSR count). The van der Waals surface area contributed by atoms with Gasteiger partial charge in [0.1, 0.15) is 0 Å². The minimum atomic E-state index is -0.0941. The molecule has 0 aliphatic heterocycles. The molecule has 0 unspecified atom stereocenters. The number of unbranched alkanes of at least 4 members (excludes halogenated alkanes) is 5. The van der Waals surface area contributed by atoms with E-state index in [1.807, 2.05) is 0 Å². The molecule has 6 nitrogen and oxygen atoms in total. The Morgan fingerprint density at radius 1 is 0.607 bits per heavy atom. The first kappa shape index (κ1) is 26.9. The maximum absolute atomic E-state index is 11.9. The van der Waals surface area contributed by atoms with Crippen molar-refractivity contribution in [3.63, 3.8) is 0 Å². The van der Waals surface area contributed by atoms with Gasteiger partial charge in [-0.15, -0.1) is 0 Å². The minimum absolute atomic E-state index is 0.0941. The highest BCUT2D eigenvalue weighted by Gasteiger charge is 2.22. The Labute approximate surface area is 173 Å². The fourth-order valence-corrected chi connectivity index (χ4v) is 3.04. The molecule has 0 aromatic rings. The van der Waals surface area contributed by atoms with Crippen LogP contribution >= 0.6 is 0 Å². The second kappa shape index (κ2) is 14.8. The lowest BCUT2D eigenvalue weighted by molar-refractivity contribution is -0.884. The van der Waals surface area contributed by atoms with Crippen molar-refractivity contribution in [1.29, 1.82) is 0 Å². The van der Waals surface area contributed by atoms with Gasteiger partial charge in [-0.25, -0.2) is 9.59 Å². The Morgan fingerprint density at radius 3 is 1.29 bits per heavy atom.